The second kappa shape index (κ2) is 6.92. The number of carbonyl (C=O) groups excluding carboxylic acids is 1. The summed E-state index contributed by atoms with van der Waals surface area (Å²) >= 11 is 5.07. The summed E-state index contributed by atoms with van der Waals surface area (Å²) in [6.07, 6.45) is 2.49. The van der Waals surface area contributed by atoms with Gasteiger partial charge in [-0.2, -0.15) is 0 Å². The van der Waals surface area contributed by atoms with Crippen molar-refractivity contribution in [2.45, 2.75) is 45.6 Å². The molecule has 2 unspecified atom stereocenters. The molecule has 2 atom stereocenters. The van der Waals surface area contributed by atoms with Crippen molar-refractivity contribution in [3.05, 3.63) is 20.3 Å². The van der Waals surface area contributed by atoms with E-state index in [1.165, 1.54) is 0 Å². The molecule has 1 amide bonds. The Labute approximate surface area is 137 Å². The van der Waals surface area contributed by atoms with Crippen molar-refractivity contribution in [3.63, 3.8) is 0 Å². The molecule has 1 aliphatic heterocycles. The molecule has 1 aliphatic rings. The van der Waals surface area contributed by atoms with Gasteiger partial charge in [-0.05, 0) is 48.2 Å². The Bertz CT molecular complexity index is 524. The summed E-state index contributed by atoms with van der Waals surface area (Å²) in [6, 6.07) is 1.63. The first-order valence-electron chi connectivity index (χ1n) is 7.23. The summed E-state index contributed by atoms with van der Waals surface area (Å²) < 4.78 is 0.986. The number of amides is 1. The van der Waals surface area contributed by atoms with Crippen molar-refractivity contribution in [1.29, 1.82) is 0 Å². The van der Waals surface area contributed by atoms with Crippen LogP contribution in [-0.4, -0.2) is 28.4 Å². The van der Waals surface area contributed by atoms with E-state index < -0.39 is 11.9 Å². The minimum Gasteiger partial charge on any atom is -0.481 e. The van der Waals surface area contributed by atoms with E-state index in [2.05, 4.69) is 15.9 Å². The summed E-state index contributed by atoms with van der Waals surface area (Å²) in [5.74, 6) is -1.25. The number of hydrogen-bond donors (Lipinski definition) is 1. The van der Waals surface area contributed by atoms with Crippen LogP contribution in [0.4, 0.5) is 0 Å². The number of carboxylic acids is 1. The third-order valence-electron chi connectivity index (χ3n) is 3.89. The van der Waals surface area contributed by atoms with Crippen LogP contribution in [0, 0.1) is 12.8 Å². The molecule has 0 spiro atoms. The third kappa shape index (κ3) is 3.48. The molecule has 1 N–H and O–H groups in total. The van der Waals surface area contributed by atoms with E-state index in [0.717, 1.165) is 20.6 Å². The fourth-order valence-corrected chi connectivity index (χ4v) is 4.63. The van der Waals surface area contributed by atoms with Gasteiger partial charge in [0.25, 0.3) is 0 Å². The molecule has 1 aromatic heterocycles. The van der Waals surface area contributed by atoms with Crippen molar-refractivity contribution in [2.75, 3.05) is 6.54 Å². The normalized spacial score (nSPS) is 23.2. The van der Waals surface area contributed by atoms with Crippen LogP contribution < -0.4 is 0 Å². The molecule has 0 aromatic carbocycles. The van der Waals surface area contributed by atoms with Crippen LogP contribution in [0.5, 0.6) is 0 Å². The van der Waals surface area contributed by atoms with Gasteiger partial charge in [0.15, 0.2) is 0 Å². The van der Waals surface area contributed by atoms with E-state index in [1.807, 2.05) is 19.9 Å². The van der Waals surface area contributed by atoms with Gasteiger partial charge < -0.3 is 10.0 Å². The van der Waals surface area contributed by atoms with Crippen molar-refractivity contribution in [2.24, 2.45) is 5.92 Å². The number of aryl methyl sites for hydroxylation is 1. The molecule has 0 saturated carbocycles. The van der Waals surface area contributed by atoms with Gasteiger partial charge in [-0.1, -0.05) is 6.92 Å². The summed E-state index contributed by atoms with van der Waals surface area (Å²) in [7, 11) is 0. The maximum absolute atomic E-state index is 12.4. The first-order valence-corrected chi connectivity index (χ1v) is 8.84. The van der Waals surface area contributed by atoms with Gasteiger partial charge in [0.05, 0.1) is 12.0 Å². The van der Waals surface area contributed by atoms with Crippen LogP contribution in [0.3, 0.4) is 0 Å². The van der Waals surface area contributed by atoms with Gasteiger partial charge in [0.1, 0.15) is 0 Å². The highest BCUT2D eigenvalue weighted by molar-refractivity contribution is 9.10. The maximum Gasteiger partial charge on any atom is 0.308 e. The molecule has 2 heterocycles. The van der Waals surface area contributed by atoms with Gasteiger partial charge in [0.2, 0.25) is 5.91 Å². The van der Waals surface area contributed by atoms with Gasteiger partial charge in [0, 0.05) is 27.2 Å². The molecular formula is C15H20BrNO3S. The quantitative estimate of drug-likeness (QED) is 0.867. The molecule has 21 heavy (non-hydrogen) atoms. The SMILES string of the molecule is CCCN1C(=O)CCCC(C(=O)O)C1c1cc(Br)c(C)s1. The molecule has 116 valence electrons. The minimum atomic E-state index is -0.807. The fourth-order valence-electron chi connectivity index (χ4n) is 2.89. The molecule has 1 fully saturated rings. The van der Waals surface area contributed by atoms with Crippen molar-refractivity contribution < 1.29 is 14.7 Å². The number of hydrogen-bond acceptors (Lipinski definition) is 3. The number of aliphatic carboxylic acids is 1. The predicted octanol–water partition coefficient (Wildman–Crippen LogP) is 3.98. The smallest absolute Gasteiger partial charge is 0.308 e. The van der Waals surface area contributed by atoms with Crippen LogP contribution in [-0.2, 0) is 9.59 Å². The Hall–Kier alpha value is -0.880. The Balaban J connectivity index is 2.47. The average molecular weight is 374 g/mol. The Morgan fingerprint density at radius 2 is 2.29 bits per heavy atom. The van der Waals surface area contributed by atoms with Gasteiger partial charge in [-0.15, -0.1) is 11.3 Å². The van der Waals surface area contributed by atoms with Crippen LogP contribution in [0.15, 0.2) is 10.5 Å². The largest absolute Gasteiger partial charge is 0.481 e. The maximum atomic E-state index is 12.4. The molecule has 1 aromatic rings. The number of likely N-dealkylation sites (tertiary alicyclic amines) is 1. The molecule has 0 bridgehead atoms. The second-order valence-electron chi connectivity index (χ2n) is 5.42. The molecular weight excluding hydrogens is 354 g/mol. The zero-order valence-electron chi connectivity index (χ0n) is 12.3. The van der Waals surface area contributed by atoms with E-state index in [4.69, 9.17) is 0 Å². The van der Waals surface area contributed by atoms with Crippen molar-refractivity contribution >= 4 is 39.1 Å². The lowest BCUT2D eigenvalue weighted by molar-refractivity contribution is -0.146. The molecule has 0 aliphatic carbocycles. The van der Waals surface area contributed by atoms with E-state index in [9.17, 15) is 14.7 Å². The first kappa shape index (κ1) is 16.5. The van der Waals surface area contributed by atoms with E-state index in [0.29, 0.717) is 25.8 Å². The summed E-state index contributed by atoms with van der Waals surface area (Å²) in [5, 5.41) is 9.60. The zero-order chi connectivity index (χ0) is 15.6. The highest BCUT2D eigenvalue weighted by Crippen LogP contribution is 2.41. The van der Waals surface area contributed by atoms with Crippen LogP contribution in [0.2, 0.25) is 0 Å². The molecule has 6 heteroatoms. The van der Waals surface area contributed by atoms with E-state index in [1.54, 1.807) is 16.2 Å². The van der Waals surface area contributed by atoms with Gasteiger partial charge in [-0.3, -0.25) is 9.59 Å². The van der Waals surface area contributed by atoms with Gasteiger partial charge >= 0.3 is 5.97 Å². The zero-order valence-corrected chi connectivity index (χ0v) is 14.7. The lowest BCUT2D eigenvalue weighted by atomic mass is 9.93. The minimum absolute atomic E-state index is 0.0766. The number of nitrogens with zero attached hydrogens (tertiary/aromatic N) is 1. The summed E-state index contributed by atoms with van der Waals surface area (Å²) in [5.41, 5.74) is 0. The molecule has 1 saturated heterocycles. The Morgan fingerprint density at radius 1 is 1.57 bits per heavy atom. The van der Waals surface area contributed by atoms with Crippen LogP contribution >= 0.6 is 27.3 Å². The summed E-state index contributed by atoms with van der Waals surface area (Å²) in [6.45, 7) is 4.62. The number of halogens is 1. The molecule has 0 radical (unpaired) electrons. The fraction of sp³-hybridized carbons (Fsp3) is 0.600. The van der Waals surface area contributed by atoms with Crippen molar-refractivity contribution in [3.8, 4) is 0 Å². The van der Waals surface area contributed by atoms with E-state index in [-0.39, 0.29) is 11.9 Å². The highest BCUT2D eigenvalue weighted by Gasteiger charge is 2.39. The number of carboxylic acid groups (broad SMARTS) is 1. The number of carbonyl (C=O) groups is 2. The van der Waals surface area contributed by atoms with Crippen molar-refractivity contribution in [1.82, 2.24) is 4.90 Å². The number of thiophene rings is 1. The Kier molecular flexibility index (Phi) is 5.43. The number of rotatable bonds is 4. The molecule has 2 rings (SSSR count). The topological polar surface area (TPSA) is 57.6 Å². The third-order valence-corrected chi connectivity index (χ3v) is 6.10. The monoisotopic (exact) mass is 373 g/mol. The van der Waals surface area contributed by atoms with Crippen LogP contribution in [0.25, 0.3) is 0 Å². The highest BCUT2D eigenvalue weighted by atomic mass is 79.9. The first-order chi connectivity index (χ1) is 9.95. The standard InChI is InChI=1S/C15H20BrNO3S/c1-3-7-17-13(18)6-4-5-10(15(19)20)14(17)12-8-11(16)9(2)21-12/h8,10,14H,3-7H2,1-2H3,(H,19,20). The second-order valence-corrected chi connectivity index (χ2v) is 7.56. The average Bonchev–Trinajstić information content (AvgIpc) is 2.65. The lowest BCUT2D eigenvalue weighted by Gasteiger charge is -2.32. The molecule has 4 nitrogen and oxygen atoms in total. The Morgan fingerprint density at radius 3 is 2.81 bits per heavy atom. The summed E-state index contributed by atoms with van der Waals surface area (Å²) in [4.78, 5) is 27.9. The van der Waals surface area contributed by atoms with Crippen LogP contribution in [0.1, 0.15) is 48.4 Å². The van der Waals surface area contributed by atoms with Gasteiger partial charge in [-0.25, -0.2) is 0 Å². The van der Waals surface area contributed by atoms with E-state index >= 15 is 0 Å². The predicted molar refractivity (Wildman–Crippen MR) is 86.5 cm³/mol. The lowest BCUT2D eigenvalue weighted by Crippen LogP contribution is -2.39.